The minimum Gasteiger partial charge on any atom is -0.493 e. The van der Waals surface area contributed by atoms with Crippen LogP contribution in [0, 0.1) is 5.92 Å². The minimum atomic E-state index is 0.694. The van der Waals surface area contributed by atoms with Crippen molar-refractivity contribution in [3.05, 3.63) is 29.8 Å². The zero-order chi connectivity index (χ0) is 12.1. The van der Waals surface area contributed by atoms with Crippen LogP contribution in [0.4, 0.5) is 0 Å². The second kappa shape index (κ2) is 6.06. The molecule has 1 fully saturated rings. The van der Waals surface area contributed by atoms with E-state index in [-0.39, 0.29) is 0 Å². The number of aryl methyl sites for hydroxylation is 1. The van der Waals surface area contributed by atoms with Crippen LogP contribution in [-0.2, 0) is 6.42 Å². The molecule has 1 atom stereocenters. The van der Waals surface area contributed by atoms with Gasteiger partial charge in [-0.1, -0.05) is 19.1 Å². The number of benzene rings is 1. The maximum absolute atomic E-state index is 5.91. The number of hydrogen-bond donors (Lipinski definition) is 0. The number of ether oxygens (including phenoxy) is 1. The van der Waals surface area contributed by atoms with Gasteiger partial charge in [0, 0.05) is 12.5 Å². The topological polar surface area (TPSA) is 12.5 Å². The molecule has 2 nitrogen and oxygen atoms in total. The van der Waals surface area contributed by atoms with Gasteiger partial charge < -0.3 is 9.64 Å². The Balaban J connectivity index is 1.84. The lowest BCUT2D eigenvalue weighted by atomic mass is 9.99. The SMILES string of the molecule is CCc1cccc(OCC2CCCN(C)C2)c1. The van der Waals surface area contributed by atoms with Gasteiger partial charge in [0.15, 0.2) is 0 Å². The molecule has 0 aliphatic carbocycles. The smallest absolute Gasteiger partial charge is 0.119 e. The van der Waals surface area contributed by atoms with Gasteiger partial charge in [0.25, 0.3) is 0 Å². The first-order valence-electron chi connectivity index (χ1n) is 6.68. The zero-order valence-electron chi connectivity index (χ0n) is 11.0. The van der Waals surface area contributed by atoms with Gasteiger partial charge in [0.1, 0.15) is 5.75 Å². The van der Waals surface area contributed by atoms with Gasteiger partial charge in [0.05, 0.1) is 6.61 Å². The summed E-state index contributed by atoms with van der Waals surface area (Å²) in [5, 5.41) is 0. The van der Waals surface area contributed by atoms with Crippen LogP contribution in [-0.4, -0.2) is 31.6 Å². The van der Waals surface area contributed by atoms with Gasteiger partial charge in [-0.25, -0.2) is 0 Å². The first-order chi connectivity index (χ1) is 8.28. The molecule has 0 aromatic heterocycles. The molecule has 17 heavy (non-hydrogen) atoms. The van der Waals surface area contributed by atoms with Gasteiger partial charge in [-0.15, -0.1) is 0 Å². The standard InChI is InChI=1S/C15H23NO/c1-3-13-6-4-8-15(10-13)17-12-14-7-5-9-16(2)11-14/h4,6,8,10,14H,3,5,7,9,11-12H2,1-2H3. The van der Waals surface area contributed by atoms with Crippen LogP contribution in [0.5, 0.6) is 5.75 Å². The minimum absolute atomic E-state index is 0.694. The first kappa shape index (κ1) is 12.4. The Labute approximate surface area is 105 Å². The van der Waals surface area contributed by atoms with E-state index in [9.17, 15) is 0 Å². The maximum Gasteiger partial charge on any atom is 0.119 e. The predicted octanol–water partition coefficient (Wildman–Crippen LogP) is 2.97. The van der Waals surface area contributed by atoms with E-state index in [0.29, 0.717) is 5.92 Å². The Morgan fingerprint density at radius 3 is 3.06 bits per heavy atom. The molecular weight excluding hydrogens is 210 g/mol. The monoisotopic (exact) mass is 233 g/mol. The molecule has 2 rings (SSSR count). The van der Waals surface area contributed by atoms with Gasteiger partial charge in [0.2, 0.25) is 0 Å². The summed E-state index contributed by atoms with van der Waals surface area (Å²) >= 11 is 0. The highest BCUT2D eigenvalue weighted by Gasteiger charge is 2.17. The van der Waals surface area contributed by atoms with Crippen molar-refractivity contribution >= 4 is 0 Å². The lowest BCUT2D eigenvalue weighted by Gasteiger charge is -2.29. The van der Waals surface area contributed by atoms with E-state index in [0.717, 1.165) is 18.8 Å². The second-order valence-electron chi connectivity index (χ2n) is 5.08. The lowest BCUT2D eigenvalue weighted by molar-refractivity contribution is 0.150. The van der Waals surface area contributed by atoms with Crippen LogP contribution in [0.1, 0.15) is 25.3 Å². The molecule has 94 valence electrons. The van der Waals surface area contributed by atoms with Crippen molar-refractivity contribution in [3.63, 3.8) is 0 Å². The Kier molecular flexibility index (Phi) is 4.43. The van der Waals surface area contributed by atoms with Crippen LogP contribution in [0.2, 0.25) is 0 Å². The highest BCUT2D eigenvalue weighted by molar-refractivity contribution is 5.28. The van der Waals surface area contributed by atoms with Crippen LogP contribution >= 0.6 is 0 Å². The molecule has 1 heterocycles. The van der Waals surface area contributed by atoms with Crippen molar-refractivity contribution in [1.82, 2.24) is 4.90 Å². The number of likely N-dealkylation sites (tertiary alicyclic amines) is 1. The zero-order valence-corrected chi connectivity index (χ0v) is 11.0. The average molecular weight is 233 g/mol. The number of nitrogens with zero attached hydrogens (tertiary/aromatic N) is 1. The highest BCUT2D eigenvalue weighted by atomic mass is 16.5. The molecule has 1 aromatic rings. The summed E-state index contributed by atoms with van der Waals surface area (Å²) in [4.78, 5) is 2.40. The third-order valence-electron chi connectivity index (χ3n) is 3.51. The number of rotatable bonds is 4. The van der Waals surface area contributed by atoms with Crippen LogP contribution in [0.25, 0.3) is 0 Å². The summed E-state index contributed by atoms with van der Waals surface area (Å²) < 4.78 is 5.91. The normalized spacial score (nSPS) is 21.4. The summed E-state index contributed by atoms with van der Waals surface area (Å²) in [6.45, 7) is 5.45. The van der Waals surface area contributed by atoms with E-state index >= 15 is 0 Å². The van der Waals surface area contributed by atoms with Gasteiger partial charge in [-0.3, -0.25) is 0 Å². The molecule has 1 saturated heterocycles. The van der Waals surface area contributed by atoms with E-state index in [4.69, 9.17) is 4.74 Å². The van der Waals surface area contributed by atoms with Crippen LogP contribution < -0.4 is 4.74 Å². The van der Waals surface area contributed by atoms with Crippen molar-refractivity contribution < 1.29 is 4.74 Å². The Morgan fingerprint density at radius 2 is 2.29 bits per heavy atom. The average Bonchev–Trinajstić information content (AvgIpc) is 2.37. The first-order valence-corrected chi connectivity index (χ1v) is 6.68. The molecule has 0 bridgehead atoms. The molecule has 1 aromatic carbocycles. The van der Waals surface area contributed by atoms with Crippen molar-refractivity contribution in [2.75, 3.05) is 26.7 Å². The quantitative estimate of drug-likeness (QED) is 0.792. The summed E-state index contributed by atoms with van der Waals surface area (Å²) in [6, 6.07) is 8.46. The van der Waals surface area contributed by atoms with E-state index in [1.807, 2.05) is 0 Å². The Bertz CT molecular complexity index is 351. The van der Waals surface area contributed by atoms with Crippen LogP contribution in [0.15, 0.2) is 24.3 Å². The fourth-order valence-corrected chi connectivity index (χ4v) is 2.48. The van der Waals surface area contributed by atoms with E-state index in [2.05, 4.69) is 43.1 Å². The molecule has 2 heteroatoms. The third kappa shape index (κ3) is 3.74. The summed E-state index contributed by atoms with van der Waals surface area (Å²) in [6.07, 6.45) is 3.68. The largest absolute Gasteiger partial charge is 0.493 e. The van der Waals surface area contributed by atoms with Crippen molar-refractivity contribution in [1.29, 1.82) is 0 Å². The van der Waals surface area contributed by atoms with E-state index in [1.54, 1.807) is 0 Å². The molecule has 1 aliphatic rings. The Hall–Kier alpha value is -1.02. The second-order valence-corrected chi connectivity index (χ2v) is 5.08. The van der Waals surface area contributed by atoms with Gasteiger partial charge in [-0.05, 0) is 50.6 Å². The molecule has 0 saturated carbocycles. The van der Waals surface area contributed by atoms with Crippen molar-refractivity contribution in [2.24, 2.45) is 5.92 Å². The van der Waals surface area contributed by atoms with Crippen molar-refractivity contribution in [2.45, 2.75) is 26.2 Å². The molecule has 0 amide bonds. The molecular formula is C15H23NO. The molecule has 0 N–H and O–H groups in total. The summed E-state index contributed by atoms with van der Waals surface area (Å²) in [5.74, 6) is 1.72. The van der Waals surface area contributed by atoms with Crippen LogP contribution in [0.3, 0.4) is 0 Å². The molecule has 1 aliphatic heterocycles. The highest BCUT2D eigenvalue weighted by Crippen LogP contribution is 2.18. The molecule has 0 spiro atoms. The third-order valence-corrected chi connectivity index (χ3v) is 3.51. The summed E-state index contributed by atoms with van der Waals surface area (Å²) in [5.41, 5.74) is 1.35. The van der Waals surface area contributed by atoms with Crippen molar-refractivity contribution in [3.8, 4) is 5.75 Å². The molecule has 0 radical (unpaired) electrons. The molecule has 1 unspecified atom stereocenters. The lowest BCUT2D eigenvalue weighted by Crippen LogP contribution is -2.34. The number of piperidine rings is 1. The maximum atomic E-state index is 5.91. The van der Waals surface area contributed by atoms with Gasteiger partial charge >= 0.3 is 0 Å². The summed E-state index contributed by atoms with van der Waals surface area (Å²) in [7, 11) is 2.20. The van der Waals surface area contributed by atoms with E-state index in [1.165, 1.54) is 31.5 Å². The number of hydrogen-bond acceptors (Lipinski definition) is 2. The Morgan fingerprint density at radius 1 is 1.41 bits per heavy atom. The van der Waals surface area contributed by atoms with Gasteiger partial charge in [-0.2, -0.15) is 0 Å². The predicted molar refractivity (Wildman–Crippen MR) is 71.5 cm³/mol. The fourth-order valence-electron chi connectivity index (χ4n) is 2.48. The fraction of sp³-hybridized carbons (Fsp3) is 0.600. The van der Waals surface area contributed by atoms with E-state index < -0.39 is 0 Å².